The summed E-state index contributed by atoms with van der Waals surface area (Å²) in [6, 6.07) is 11.8. The van der Waals surface area contributed by atoms with Crippen LogP contribution < -0.4 is 15.0 Å². The van der Waals surface area contributed by atoms with Crippen LogP contribution in [0.4, 0.5) is 24.5 Å². The number of non-ortho nitro benzene ring substituents is 1. The summed E-state index contributed by atoms with van der Waals surface area (Å²) in [4.78, 5) is 23.6. The molecule has 0 aliphatic rings. The largest absolute Gasteiger partial charge is 0.483 e. The topological polar surface area (TPSA) is 84.7 Å². The van der Waals surface area contributed by atoms with E-state index in [-0.39, 0.29) is 0 Å². The molecule has 0 spiro atoms. The number of halogens is 3. The predicted octanol–water partition coefficient (Wildman–Crippen LogP) is 3.64. The van der Waals surface area contributed by atoms with Crippen LogP contribution >= 0.6 is 0 Å². The molecular weight excluding hydrogens is 391 g/mol. The number of nitro groups is 1. The molecule has 156 valence electrons. The molecule has 0 aliphatic heterocycles. The van der Waals surface area contributed by atoms with E-state index >= 15 is 0 Å². The molecular formula is C19H20F3N3O4. The highest BCUT2D eigenvalue weighted by Crippen LogP contribution is 2.38. The second-order valence-electron chi connectivity index (χ2n) is 6.18. The number of alkyl halides is 3. The third-order valence-electron chi connectivity index (χ3n) is 4.03. The van der Waals surface area contributed by atoms with Crippen LogP contribution in [0.1, 0.15) is 12.0 Å². The first-order valence-electron chi connectivity index (χ1n) is 8.70. The third kappa shape index (κ3) is 6.66. The van der Waals surface area contributed by atoms with E-state index in [1.54, 1.807) is 0 Å². The molecule has 0 atom stereocenters. The highest BCUT2D eigenvalue weighted by molar-refractivity contribution is 5.77. The summed E-state index contributed by atoms with van der Waals surface area (Å²) in [7, 11) is 1.91. The van der Waals surface area contributed by atoms with Gasteiger partial charge in [-0.2, -0.15) is 13.2 Å². The SMILES string of the molecule is CN(CCCNC(=O)COc1ccc([N+](=O)[O-])cc1C(F)(F)F)c1ccccc1. The summed E-state index contributed by atoms with van der Waals surface area (Å²) in [6.45, 7) is 0.368. The smallest absolute Gasteiger partial charge is 0.420 e. The van der Waals surface area contributed by atoms with Crippen molar-refractivity contribution in [1.29, 1.82) is 0 Å². The number of para-hydroxylation sites is 1. The Labute approximate surface area is 165 Å². The van der Waals surface area contributed by atoms with Gasteiger partial charge in [-0.1, -0.05) is 18.2 Å². The Morgan fingerprint density at radius 2 is 1.90 bits per heavy atom. The maximum Gasteiger partial charge on any atom is 0.420 e. The lowest BCUT2D eigenvalue weighted by atomic mass is 10.1. The van der Waals surface area contributed by atoms with E-state index in [4.69, 9.17) is 4.74 Å². The molecule has 7 nitrogen and oxygen atoms in total. The fourth-order valence-corrected chi connectivity index (χ4v) is 2.53. The van der Waals surface area contributed by atoms with Gasteiger partial charge in [0.05, 0.1) is 4.92 Å². The number of anilines is 1. The van der Waals surface area contributed by atoms with Gasteiger partial charge in [0.2, 0.25) is 0 Å². The average molecular weight is 411 g/mol. The molecule has 0 bridgehead atoms. The maximum atomic E-state index is 13.1. The zero-order valence-corrected chi connectivity index (χ0v) is 15.6. The van der Waals surface area contributed by atoms with Gasteiger partial charge in [-0.15, -0.1) is 0 Å². The molecule has 0 unspecified atom stereocenters. The molecule has 0 saturated heterocycles. The van der Waals surface area contributed by atoms with Crippen molar-refractivity contribution in [3.63, 3.8) is 0 Å². The molecule has 2 aromatic carbocycles. The fourth-order valence-electron chi connectivity index (χ4n) is 2.53. The van der Waals surface area contributed by atoms with Crippen LogP contribution in [-0.2, 0) is 11.0 Å². The van der Waals surface area contributed by atoms with Crippen molar-refractivity contribution in [2.75, 3.05) is 31.6 Å². The summed E-state index contributed by atoms with van der Waals surface area (Å²) in [5.41, 5.74) is -0.986. The first-order valence-corrected chi connectivity index (χ1v) is 8.70. The Bertz CT molecular complexity index is 844. The van der Waals surface area contributed by atoms with E-state index in [0.717, 1.165) is 17.8 Å². The molecule has 0 saturated carbocycles. The zero-order chi connectivity index (χ0) is 21.4. The van der Waals surface area contributed by atoms with Crippen LogP contribution in [0.25, 0.3) is 0 Å². The van der Waals surface area contributed by atoms with Gasteiger partial charge in [-0.3, -0.25) is 14.9 Å². The number of carbonyl (C=O) groups is 1. The summed E-state index contributed by atoms with van der Waals surface area (Å²) in [5, 5.41) is 13.2. The van der Waals surface area contributed by atoms with Crippen LogP contribution in [0.3, 0.4) is 0 Å². The van der Waals surface area contributed by atoms with Crippen molar-refractivity contribution in [3.05, 3.63) is 64.2 Å². The van der Waals surface area contributed by atoms with Crippen LogP contribution in [0.5, 0.6) is 5.75 Å². The number of hydrogen-bond donors (Lipinski definition) is 1. The standard InChI is InChI=1S/C19H20F3N3O4/c1-24(14-6-3-2-4-7-14)11-5-10-23-18(26)13-29-17-9-8-15(25(27)28)12-16(17)19(20,21)22/h2-4,6-9,12H,5,10-11,13H2,1H3,(H,23,26). The lowest BCUT2D eigenvalue weighted by molar-refractivity contribution is -0.385. The minimum absolute atomic E-state index is 0.325. The van der Waals surface area contributed by atoms with Gasteiger partial charge in [-0.05, 0) is 24.6 Å². The zero-order valence-electron chi connectivity index (χ0n) is 15.6. The van der Waals surface area contributed by atoms with E-state index in [1.165, 1.54) is 0 Å². The summed E-state index contributed by atoms with van der Waals surface area (Å²) >= 11 is 0. The van der Waals surface area contributed by atoms with E-state index in [1.807, 2.05) is 42.3 Å². The molecule has 0 aliphatic carbocycles. The number of benzene rings is 2. The molecule has 29 heavy (non-hydrogen) atoms. The first-order chi connectivity index (χ1) is 13.7. The highest BCUT2D eigenvalue weighted by Gasteiger charge is 2.36. The van der Waals surface area contributed by atoms with Crippen LogP contribution in [-0.4, -0.2) is 37.6 Å². The van der Waals surface area contributed by atoms with E-state index in [0.29, 0.717) is 25.6 Å². The Morgan fingerprint density at radius 3 is 2.52 bits per heavy atom. The summed E-state index contributed by atoms with van der Waals surface area (Å²) in [6.07, 6.45) is -4.22. The highest BCUT2D eigenvalue weighted by atomic mass is 19.4. The number of nitro benzene ring substituents is 1. The molecule has 1 N–H and O–H groups in total. The second-order valence-corrected chi connectivity index (χ2v) is 6.18. The molecule has 0 heterocycles. The van der Waals surface area contributed by atoms with Crippen molar-refractivity contribution >= 4 is 17.3 Å². The molecule has 0 aromatic heterocycles. The van der Waals surface area contributed by atoms with E-state index in [2.05, 4.69) is 5.32 Å². The molecule has 0 fully saturated rings. The Morgan fingerprint density at radius 1 is 1.21 bits per heavy atom. The van der Waals surface area contributed by atoms with Crippen LogP contribution in [0.2, 0.25) is 0 Å². The number of nitrogens with zero attached hydrogens (tertiary/aromatic N) is 2. The van der Waals surface area contributed by atoms with Gasteiger partial charge in [0, 0.05) is 38.0 Å². The van der Waals surface area contributed by atoms with Gasteiger partial charge in [0.15, 0.2) is 6.61 Å². The first kappa shape index (κ1) is 22.0. The van der Waals surface area contributed by atoms with Gasteiger partial charge in [0.1, 0.15) is 11.3 Å². The maximum absolute atomic E-state index is 13.1. The summed E-state index contributed by atoms with van der Waals surface area (Å²) < 4.78 is 44.2. The minimum Gasteiger partial charge on any atom is -0.483 e. The Hall–Kier alpha value is -3.30. The van der Waals surface area contributed by atoms with Crippen LogP contribution in [0.15, 0.2) is 48.5 Å². The third-order valence-corrected chi connectivity index (χ3v) is 4.03. The van der Waals surface area contributed by atoms with Crippen molar-refractivity contribution < 1.29 is 27.6 Å². The van der Waals surface area contributed by atoms with Gasteiger partial charge < -0.3 is 15.0 Å². The lowest BCUT2D eigenvalue weighted by Gasteiger charge is -2.19. The number of carbonyl (C=O) groups excluding carboxylic acids is 1. The monoisotopic (exact) mass is 411 g/mol. The quantitative estimate of drug-likeness (QED) is 0.387. The van der Waals surface area contributed by atoms with E-state index in [9.17, 15) is 28.1 Å². The van der Waals surface area contributed by atoms with E-state index < -0.39 is 40.6 Å². The van der Waals surface area contributed by atoms with Gasteiger partial charge in [0.25, 0.3) is 11.6 Å². The van der Waals surface area contributed by atoms with Gasteiger partial charge >= 0.3 is 6.18 Å². The average Bonchev–Trinajstić information content (AvgIpc) is 2.69. The molecule has 2 aromatic rings. The van der Waals surface area contributed by atoms with Crippen molar-refractivity contribution in [1.82, 2.24) is 5.32 Å². The fraction of sp³-hybridized carbons (Fsp3) is 0.316. The second kappa shape index (κ2) is 9.76. The Balaban J connectivity index is 1.82. The molecule has 10 heteroatoms. The normalized spacial score (nSPS) is 11.0. The lowest BCUT2D eigenvalue weighted by Crippen LogP contribution is -2.32. The predicted molar refractivity (Wildman–Crippen MR) is 101 cm³/mol. The summed E-state index contributed by atoms with van der Waals surface area (Å²) in [5.74, 6) is -1.22. The van der Waals surface area contributed by atoms with Crippen molar-refractivity contribution in [3.8, 4) is 5.75 Å². The minimum atomic E-state index is -4.85. The van der Waals surface area contributed by atoms with Crippen molar-refractivity contribution in [2.24, 2.45) is 0 Å². The van der Waals surface area contributed by atoms with Crippen molar-refractivity contribution in [2.45, 2.75) is 12.6 Å². The number of nitrogens with one attached hydrogen (secondary N) is 1. The molecule has 0 radical (unpaired) electrons. The van der Waals surface area contributed by atoms with Crippen LogP contribution in [0, 0.1) is 10.1 Å². The number of hydrogen-bond acceptors (Lipinski definition) is 5. The molecule has 2 rings (SSSR count). The number of ether oxygens (including phenoxy) is 1. The molecule has 1 amide bonds. The van der Waals surface area contributed by atoms with Gasteiger partial charge in [-0.25, -0.2) is 0 Å². The Kier molecular flexibility index (Phi) is 7.40. The number of amides is 1. The number of rotatable bonds is 9.